The minimum Gasteiger partial charge on any atom is -0.396 e. The zero-order chi connectivity index (χ0) is 14.7. The summed E-state index contributed by atoms with van der Waals surface area (Å²) < 4.78 is 0. The van der Waals surface area contributed by atoms with Crippen molar-refractivity contribution in [3.8, 4) is 0 Å². The quantitative estimate of drug-likeness (QED) is 0.905. The summed E-state index contributed by atoms with van der Waals surface area (Å²) in [6, 6.07) is 10.1. The summed E-state index contributed by atoms with van der Waals surface area (Å²) >= 11 is 0. The molecule has 1 saturated heterocycles. The number of para-hydroxylation sites is 1. The molecule has 112 valence electrons. The zero-order valence-corrected chi connectivity index (χ0v) is 12.2. The third-order valence-electron chi connectivity index (χ3n) is 4.31. The molecule has 1 aliphatic heterocycles. The van der Waals surface area contributed by atoms with Crippen molar-refractivity contribution in [2.24, 2.45) is 5.92 Å². The van der Waals surface area contributed by atoms with Crippen LogP contribution < -0.4 is 4.90 Å². The van der Waals surface area contributed by atoms with Gasteiger partial charge in [-0.2, -0.15) is 0 Å². The van der Waals surface area contributed by atoms with Crippen LogP contribution in [0.15, 0.2) is 30.3 Å². The Morgan fingerprint density at radius 3 is 2.90 bits per heavy atom. The van der Waals surface area contributed by atoms with E-state index in [0.717, 1.165) is 42.5 Å². The van der Waals surface area contributed by atoms with Gasteiger partial charge in [0.1, 0.15) is 0 Å². The number of hydrogen-bond acceptors (Lipinski definition) is 4. The van der Waals surface area contributed by atoms with Crippen LogP contribution in [-0.2, 0) is 6.61 Å². The van der Waals surface area contributed by atoms with Crippen LogP contribution >= 0.6 is 0 Å². The number of anilines is 1. The number of hydrogen-bond donors (Lipinski definition) is 2. The smallest absolute Gasteiger partial charge is 0.0854 e. The molecular weight excluding hydrogens is 264 g/mol. The lowest BCUT2D eigenvalue weighted by atomic mass is 9.94. The molecule has 4 nitrogen and oxygen atoms in total. The molecule has 1 aromatic carbocycles. The van der Waals surface area contributed by atoms with Crippen molar-refractivity contribution in [3.63, 3.8) is 0 Å². The summed E-state index contributed by atoms with van der Waals surface area (Å²) in [6.45, 7) is 2.23. The minimum absolute atomic E-state index is 0.0360. The Morgan fingerprint density at radius 1 is 1.24 bits per heavy atom. The molecule has 0 saturated carbocycles. The number of aromatic nitrogens is 1. The van der Waals surface area contributed by atoms with Crippen LogP contribution in [0.1, 0.15) is 25.0 Å². The summed E-state index contributed by atoms with van der Waals surface area (Å²) in [5, 5.41) is 19.7. The second kappa shape index (κ2) is 6.41. The van der Waals surface area contributed by atoms with Crippen molar-refractivity contribution in [3.05, 3.63) is 36.0 Å². The lowest BCUT2D eigenvalue weighted by Gasteiger charge is -2.35. The van der Waals surface area contributed by atoms with Gasteiger partial charge in [-0.25, -0.2) is 0 Å². The normalized spacial score (nSPS) is 19.1. The zero-order valence-electron chi connectivity index (χ0n) is 12.2. The molecule has 2 aromatic rings. The Morgan fingerprint density at radius 2 is 2.10 bits per heavy atom. The van der Waals surface area contributed by atoms with E-state index in [1.165, 1.54) is 6.42 Å². The van der Waals surface area contributed by atoms with Gasteiger partial charge in [-0.05, 0) is 37.3 Å². The number of piperidine rings is 1. The van der Waals surface area contributed by atoms with Gasteiger partial charge in [0.15, 0.2) is 0 Å². The molecule has 0 aliphatic carbocycles. The molecule has 2 heterocycles. The number of fused-ring (bicyclic) bond motifs is 1. The van der Waals surface area contributed by atoms with Crippen LogP contribution in [0, 0.1) is 5.92 Å². The van der Waals surface area contributed by atoms with Gasteiger partial charge in [0, 0.05) is 30.8 Å². The van der Waals surface area contributed by atoms with E-state index in [-0.39, 0.29) is 13.2 Å². The second-order valence-corrected chi connectivity index (χ2v) is 5.77. The third-order valence-corrected chi connectivity index (χ3v) is 4.31. The molecule has 1 aromatic heterocycles. The Labute approximate surface area is 125 Å². The maximum Gasteiger partial charge on any atom is 0.0854 e. The first-order valence-corrected chi connectivity index (χ1v) is 7.67. The van der Waals surface area contributed by atoms with Crippen LogP contribution in [0.3, 0.4) is 0 Å². The van der Waals surface area contributed by atoms with E-state index in [0.29, 0.717) is 11.6 Å². The number of nitrogens with zero attached hydrogens (tertiary/aromatic N) is 2. The predicted molar refractivity (Wildman–Crippen MR) is 84.3 cm³/mol. The molecule has 1 unspecified atom stereocenters. The van der Waals surface area contributed by atoms with Crippen molar-refractivity contribution >= 4 is 16.6 Å². The topological polar surface area (TPSA) is 56.6 Å². The maximum absolute atomic E-state index is 9.44. The van der Waals surface area contributed by atoms with E-state index < -0.39 is 0 Å². The van der Waals surface area contributed by atoms with Crippen molar-refractivity contribution in [1.82, 2.24) is 4.98 Å². The number of aliphatic hydroxyl groups is 2. The molecule has 4 heteroatoms. The van der Waals surface area contributed by atoms with Gasteiger partial charge >= 0.3 is 0 Å². The highest BCUT2D eigenvalue weighted by Crippen LogP contribution is 2.31. The predicted octanol–water partition coefficient (Wildman–Crippen LogP) is 2.33. The average Bonchev–Trinajstić information content (AvgIpc) is 2.54. The van der Waals surface area contributed by atoms with E-state index in [1.807, 2.05) is 24.3 Å². The van der Waals surface area contributed by atoms with Gasteiger partial charge in [0.25, 0.3) is 0 Å². The highest BCUT2D eigenvalue weighted by atomic mass is 16.3. The summed E-state index contributed by atoms with van der Waals surface area (Å²) in [5.74, 6) is 0.549. The summed E-state index contributed by atoms with van der Waals surface area (Å²) in [7, 11) is 0. The fourth-order valence-corrected chi connectivity index (χ4v) is 3.25. The van der Waals surface area contributed by atoms with Gasteiger partial charge in [-0.3, -0.25) is 4.98 Å². The summed E-state index contributed by atoms with van der Waals surface area (Å²) in [4.78, 5) is 6.87. The van der Waals surface area contributed by atoms with Crippen molar-refractivity contribution in [2.75, 3.05) is 24.6 Å². The largest absolute Gasteiger partial charge is 0.396 e. The Hall–Kier alpha value is -1.65. The highest BCUT2D eigenvalue weighted by molar-refractivity contribution is 5.92. The molecule has 0 amide bonds. The Kier molecular flexibility index (Phi) is 4.36. The van der Waals surface area contributed by atoms with E-state index in [4.69, 9.17) is 5.11 Å². The van der Waals surface area contributed by atoms with E-state index in [9.17, 15) is 5.11 Å². The number of benzene rings is 1. The second-order valence-electron chi connectivity index (χ2n) is 5.77. The molecular formula is C17H22N2O2. The molecule has 2 N–H and O–H groups in total. The number of rotatable bonds is 4. The van der Waals surface area contributed by atoms with Crippen LogP contribution in [-0.4, -0.2) is 34.9 Å². The lowest BCUT2D eigenvalue weighted by Crippen LogP contribution is -2.36. The van der Waals surface area contributed by atoms with Gasteiger partial charge in [0.2, 0.25) is 0 Å². The van der Waals surface area contributed by atoms with Gasteiger partial charge < -0.3 is 15.1 Å². The van der Waals surface area contributed by atoms with Gasteiger partial charge in [-0.15, -0.1) is 0 Å². The third kappa shape index (κ3) is 3.01. The highest BCUT2D eigenvalue weighted by Gasteiger charge is 2.21. The SMILES string of the molecule is OCCC1CCCN(c2cc(CO)nc3ccccc23)C1. The minimum atomic E-state index is -0.0360. The Bertz CT molecular complexity index is 613. The van der Waals surface area contributed by atoms with E-state index in [2.05, 4.69) is 16.0 Å². The van der Waals surface area contributed by atoms with Crippen LogP contribution in [0.5, 0.6) is 0 Å². The lowest BCUT2D eigenvalue weighted by molar-refractivity contribution is 0.244. The van der Waals surface area contributed by atoms with Crippen LogP contribution in [0.2, 0.25) is 0 Å². The first-order valence-electron chi connectivity index (χ1n) is 7.67. The Balaban J connectivity index is 1.98. The molecule has 21 heavy (non-hydrogen) atoms. The van der Waals surface area contributed by atoms with E-state index in [1.54, 1.807) is 0 Å². The van der Waals surface area contributed by atoms with Gasteiger partial charge in [0.05, 0.1) is 17.8 Å². The first kappa shape index (κ1) is 14.3. The molecule has 1 fully saturated rings. The number of aliphatic hydroxyl groups excluding tert-OH is 2. The molecule has 0 spiro atoms. The summed E-state index contributed by atoms with van der Waals surface area (Å²) in [5.41, 5.74) is 2.81. The molecule has 0 bridgehead atoms. The number of pyridine rings is 1. The van der Waals surface area contributed by atoms with Crippen LogP contribution in [0.25, 0.3) is 10.9 Å². The maximum atomic E-state index is 9.44. The van der Waals surface area contributed by atoms with Gasteiger partial charge in [-0.1, -0.05) is 18.2 Å². The first-order chi connectivity index (χ1) is 10.3. The monoisotopic (exact) mass is 286 g/mol. The molecule has 1 atom stereocenters. The molecule has 3 rings (SSSR count). The van der Waals surface area contributed by atoms with E-state index >= 15 is 0 Å². The fraction of sp³-hybridized carbons (Fsp3) is 0.471. The average molecular weight is 286 g/mol. The summed E-state index contributed by atoms with van der Waals surface area (Å²) in [6.07, 6.45) is 3.20. The standard InChI is InChI=1S/C17H22N2O2/c20-9-7-13-4-3-8-19(11-13)17-10-14(12-21)18-16-6-2-1-5-15(16)17/h1-2,5-6,10,13,20-21H,3-4,7-9,11-12H2. The van der Waals surface area contributed by atoms with Crippen molar-refractivity contribution < 1.29 is 10.2 Å². The molecule has 0 radical (unpaired) electrons. The van der Waals surface area contributed by atoms with Crippen molar-refractivity contribution in [1.29, 1.82) is 0 Å². The fourth-order valence-electron chi connectivity index (χ4n) is 3.25. The van der Waals surface area contributed by atoms with Crippen molar-refractivity contribution in [2.45, 2.75) is 25.9 Å². The molecule has 1 aliphatic rings. The van der Waals surface area contributed by atoms with Crippen LogP contribution in [0.4, 0.5) is 5.69 Å².